The molecule has 200 valence electrons. The van der Waals surface area contributed by atoms with Crippen LogP contribution in [-0.2, 0) is 9.16 Å². The summed E-state index contributed by atoms with van der Waals surface area (Å²) in [6.07, 6.45) is -0.759. The largest absolute Gasteiger partial charge is 0.491 e. The predicted molar refractivity (Wildman–Crippen MR) is 149 cm³/mol. The van der Waals surface area contributed by atoms with E-state index >= 15 is 0 Å². The molecule has 0 aliphatic heterocycles. The number of carbonyl (C=O) groups excluding carboxylic acids is 1. The molecule has 1 amide bonds. The van der Waals surface area contributed by atoms with Gasteiger partial charge in [-0.2, -0.15) is 0 Å². The Morgan fingerprint density at radius 3 is 2.19 bits per heavy atom. The first-order valence-corrected chi connectivity index (χ1v) is 15.6. The molecule has 0 N–H and O–H groups in total. The molecule has 0 spiro atoms. The Morgan fingerprint density at radius 1 is 1.08 bits per heavy atom. The highest BCUT2D eigenvalue weighted by Crippen LogP contribution is 2.37. The molecule has 0 saturated carbocycles. The number of aromatic nitrogens is 2. The number of ether oxygens (including phenoxy) is 2. The second kappa shape index (κ2) is 11.7. The normalized spacial score (nSPS) is 13.3. The summed E-state index contributed by atoms with van der Waals surface area (Å²) in [5.41, 5.74) is 0.778. The van der Waals surface area contributed by atoms with Gasteiger partial charge in [0.05, 0.1) is 12.6 Å². The molecule has 10 heteroatoms. The molecule has 0 unspecified atom stereocenters. The molecule has 0 aliphatic rings. The smallest absolute Gasteiger partial charge is 0.410 e. The van der Waals surface area contributed by atoms with Crippen LogP contribution < -0.4 is 4.74 Å². The number of hydrogen-bond acceptors (Lipinski definition) is 6. The van der Waals surface area contributed by atoms with Crippen LogP contribution in [0.2, 0.25) is 28.4 Å². The van der Waals surface area contributed by atoms with E-state index in [4.69, 9.17) is 37.1 Å². The fraction of sp³-hybridized carbons (Fsp3) is 0.577. The Labute approximate surface area is 226 Å². The van der Waals surface area contributed by atoms with Crippen LogP contribution in [0.1, 0.15) is 47.1 Å². The minimum Gasteiger partial charge on any atom is -0.491 e. The van der Waals surface area contributed by atoms with Gasteiger partial charge in [0.25, 0.3) is 0 Å². The van der Waals surface area contributed by atoms with E-state index in [1.165, 1.54) is 4.90 Å². The van der Waals surface area contributed by atoms with E-state index in [2.05, 4.69) is 43.8 Å². The number of nitrogens with zero attached hydrogens (tertiary/aromatic N) is 3. The molecule has 1 atom stereocenters. The Balaban J connectivity index is 2.23. The van der Waals surface area contributed by atoms with Crippen molar-refractivity contribution in [2.24, 2.45) is 0 Å². The van der Waals surface area contributed by atoms with E-state index in [0.29, 0.717) is 34.0 Å². The molecule has 0 fully saturated rings. The van der Waals surface area contributed by atoms with Crippen molar-refractivity contribution in [3.63, 3.8) is 0 Å². The van der Waals surface area contributed by atoms with Crippen molar-refractivity contribution in [2.45, 2.75) is 78.3 Å². The van der Waals surface area contributed by atoms with Gasteiger partial charge in [-0.25, -0.2) is 14.8 Å². The molecule has 1 heterocycles. The van der Waals surface area contributed by atoms with Crippen molar-refractivity contribution >= 4 is 37.6 Å². The number of halogens is 2. The quantitative estimate of drug-likeness (QED) is 0.249. The summed E-state index contributed by atoms with van der Waals surface area (Å²) in [7, 11) is -0.437. The molecule has 36 heavy (non-hydrogen) atoms. The van der Waals surface area contributed by atoms with E-state index in [-0.39, 0.29) is 17.7 Å². The number of benzene rings is 1. The molecular weight excluding hydrogens is 517 g/mol. The topological polar surface area (TPSA) is 73.8 Å². The summed E-state index contributed by atoms with van der Waals surface area (Å²) in [4.78, 5) is 22.8. The van der Waals surface area contributed by atoms with E-state index in [0.717, 1.165) is 5.56 Å². The zero-order chi connectivity index (χ0) is 27.5. The zero-order valence-corrected chi connectivity index (χ0v) is 25.5. The minimum absolute atomic E-state index is 0.00300. The lowest BCUT2D eigenvalue weighted by molar-refractivity contribution is 0.0172. The second-order valence-electron chi connectivity index (χ2n) is 11.5. The highest BCUT2D eigenvalue weighted by Gasteiger charge is 2.40. The molecule has 0 bridgehead atoms. The van der Waals surface area contributed by atoms with Gasteiger partial charge >= 0.3 is 6.09 Å². The predicted octanol–water partition coefficient (Wildman–Crippen LogP) is 7.39. The van der Waals surface area contributed by atoms with E-state index in [9.17, 15) is 4.79 Å². The molecule has 0 radical (unpaired) electrons. The van der Waals surface area contributed by atoms with Gasteiger partial charge in [-0.3, -0.25) is 0 Å². The molecule has 0 saturated heterocycles. The maximum atomic E-state index is 12.6. The minimum atomic E-state index is -2.14. The van der Waals surface area contributed by atoms with Gasteiger partial charge in [-0.1, -0.05) is 56.1 Å². The number of hydrogen-bond donors (Lipinski definition) is 0. The summed E-state index contributed by atoms with van der Waals surface area (Å²) >= 11 is 12.4. The summed E-state index contributed by atoms with van der Waals surface area (Å²) in [6.45, 7) is 18.8. The first-order chi connectivity index (χ1) is 16.4. The Bertz CT molecular complexity index is 1040. The zero-order valence-electron chi connectivity index (χ0n) is 23.0. The average Bonchev–Trinajstić information content (AvgIpc) is 2.73. The Hall–Kier alpha value is -1.87. The van der Waals surface area contributed by atoms with Gasteiger partial charge in [0.2, 0.25) is 0 Å². The van der Waals surface area contributed by atoms with Crippen LogP contribution in [0.4, 0.5) is 4.79 Å². The third-order valence-electron chi connectivity index (χ3n) is 6.01. The van der Waals surface area contributed by atoms with Crippen molar-refractivity contribution < 1.29 is 18.7 Å². The maximum absolute atomic E-state index is 12.6. The number of likely N-dealkylation sites (N-methyl/N-ethyl adjacent to an activating group) is 1. The van der Waals surface area contributed by atoms with Crippen LogP contribution in [-0.4, -0.2) is 61.2 Å². The third-order valence-corrected chi connectivity index (χ3v) is 11.3. The van der Waals surface area contributed by atoms with E-state index < -0.39 is 20.0 Å². The van der Waals surface area contributed by atoms with Crippen LogP contribution in [0.5, 0.6) is 5.75 Å². The molecule has 7 nitrogen and oxygen atoms in total. The number of amides is 1. The SMILES string of the molecule is Cc1c(Cl)nc(-c2cccc(OC[C@@H](CN(C)C(=O)OC(C)(C)C)O[Si](C)(C)C(C)(C)C)c2)nc1Cl. The van der Waals surface area contributed by atoms with Gasteiger partial charge < -0.3 is 18.8 Å². The summed E-state index contributed by atoms with van der Waals surface area (Å²) in [6, 6.07) is 7.40. The molecule has 1 aromatic heterocycles. The number of carbonyl (C=O) groups is 1. The number of rotatable bonds is 8. The van der Waals surface area contributed by atoms with Gasteiger partial charge in [0.15, 0.2) is 14.1 Å². The van der Waals surface area contributed by atoms with Crippen LogP contribution in [0.25, 0.3) is 11.4 Å². The van der Waals surface area contributed by atoms with E-state index in [1.54, 1.807) is 14.0 Å². The Kier molecular flexibility index (Phi) is 9.84. The second-order valence-corrected chi connectivity index (χ2v) is 16.9. The maximum Gasteiger partial charge on any atom is 0.410 e. The molecule has 2 aromatic rings. The fourth-order valence-corrected chi connectivity index (χ4v) is 4.66. The first-order valence-electron chi connectivity index (χ1n) is 11.9. The van der Waals surface area contributed by atoms with Crippen molar-refractivity contribution in [1.82, 2.24) is 14.9 Å². The van der Waals surface area contributed by atoms with Gasteiger partial charge in [-0.05, 0) is 58.0 Å². The lowest BCUT2D eigenvalue weighted by atomic mass is 10.2. The van der Waals surface area contributed by atoms with Gasteiger partial charge in [0, 0.05) is 18.2 Å². The molecule has 2 rings (SSSR count). The van der Waals surface area contributed by atoms with Crippen molar-refractivity contribution in [3.8, 4) is 17.1 Å². The Morgan fingerprint density at radius 2 is 1.67 bits per heavy atom. The molecule has 0 aliphatic carbocycles. The third kappa shape index (κ3) is 8.61. The first kappa shape index (κ1) is 30.4. The van der Waals surface area contributed by atoms with Crippen LogP contribution >= 0.6 is 23.2 Å². The van der Waals surface area contributed by atoms with Crippen molar-refractivity contribution in [3.05, 3.63) is 40.1 Å². The highest BCUT2D eigenvalue weighted by atomic mass is 35.5. The van der Waals surface area contributed by atoms with Crippen LogP contribution in [0.3, 0.4) is 0 Å². The van der Waals surface area contributed by atoms with Gasteiger partial charge in [0.1, 0.15) is 28.3 Å². The van der Waals surface area contributed by atoms with Gasteiger partial charge in [-0.15, -0.1) is 0 Å². The molecule has 1 aromatic carbocycles. The monoisotopic (exact) mass is 555 g/mol. The van der Waals surface area contributed by atoms with Crippen molar-refractivity contribution in [2.75, 3.05) is 20.2 Å². The lowest BCUT2D eigenvalue weighted by Gasteiger charge is -2.40. The summed E-state index contributed by atoms with van der Waals surface area (Å²) in [5.74, 6) is 1.03. The molecular formula is C26H39Cl2N3O4Si. The summed E-state index contributed by atoms with van der Waals surface area (Å²) < 4.78 is 18.3. The highest BCUT2D eigenvalue weighted by molar-refractivity contribution is 6.74. The standard InChI is InChI=1S/C26H39Cl2N3O4Si/c1-17-21(27)29-23(30-22(17)28)18-12-11-13-19(14-18)33-16-20(35-36(9,10)26(5,6)7)15-31(8)24(32)34-25(2,3)4/h11-14,20H,15-16H2,1-10H3/t20-/m1/s1. The fourth-order valence-electron chi connectivity index (χ4n) is 2.94. The van der Waals surface area contributed by atoms with Crippen LogP contribution in [0, 0.1) is 6.92 Å². The average molecular weight is 557 g/mol. The van der Waals surface area contributed by atoms with Crippen LogP contribution in [0.15, 0.2) is 24.3 Å². The van der Waals surface area contributed by atoms with Crippen molar-refractivity contribution in [1.29, 1.82) is 0 Å². The van der Waals surface area contributed by atoms with E-state index in [1.807, 2.05) is 45.0 Å². The summed E-state index contributed by atoms with van der Waals surface area (Å²) in [5, 5.41) is 0.616. The lowest BCUT2D eigenvalue weighted by Crippen LogP contribution is -2.49.